The van der Waals surface area contributed by atoms with Crippen LogP contribution in [0.4, 0.5) is 0 Å². The molecule has 0 saturated heterocycles. The molecule has 29 heavy (non-hydrogen) atoms. The van der Waals surface area contributed by atoms with Crippen LogP contribution in [0.5, 0.6) is 11.5 Å². The molecule has 0 spiro atoms. The Bertz CT molecular complexity index is 826. The number of para-hydroxylation sites is 1. The summed E-state index contributed by atoms with van der Waals surface area (Å²) in [6, 6.07) is 12.6. The average molecular weight is 463 g/mol. The molecule has 0 aromatic heterocycles. The van der Waals surface area contributed by atoms with Crippen molar-refractivity contribution in [3.05, 3.63) is 58.1 Å². The molecule has 2 aromatic carbocycles. The van der Waals surface area contributed by atoms with Gasteiger partial charge in [-0.25, -0.2) is 0 Å². The normalized spacial score (nSPS) is 10.3. The van der Waals surface area contributed by atoms with Crippen molar-refractivity contribution >= 4 is 27.7 Å². The lowest BCUT2D eigenvalue weighted by Crippen LogP contribution is -2.44. The van der Waals surface area contributed by atoms with E-state index in [1.165, 1.54) is 0 Å². The van der Waals surface area contributed by atoms with Crippen LogP contribution in [-0.2, 0) is 11.2 Å². The van der Waals surface area contributed by atoms with Crippen molar-refractivity contribution in [1.29, 1.82) is 0 Å². The van der Waals surface area contributed by atoms with E-state index in [0.717, 1.165) is 35.7 Å². The van der Waals surface area contributed by atoms with E-state index in [0.29, 0.717) is 23.7 Å². The quantitative estimate of drug-likeness (QED) is 0.404. The topological polar surface area (TPSA) is 76.7 Å². The number of carbonyl (C=O) groups is 2. The number of hydrogen-bond donors (Lipinski definition) is 2. The zero-order valence-corrected chi connectivity index (χ0v) is 18.4. The maximum Gasteiger partial charge on any atom is 0.276 e. The number of carbonyl (C=O) groups excluding carboxylic acids is 2. The first-order chi connectivity index (χ1) is 14.0. The predicted octanol–water partition coefficient (Wildman–Crippen LogP) is 4.42. The van der Waals surface area contributed by atoms with E-state index in [4.69, 9.17) is 9.47 Å². The highest BCUT2D eigenvalue weighted by Crippen LogP contribution is 2.26. The third-order valence-corrected chi connectivity index (χ3v) is 4.84. The van der Waals surface area contributed by atoms with E-state index in [2.05, 4.69) is 40.6 Å². The summed E-state index contributed by atoms with van der Waals surface area (Å²) >= 11 is 3.43. The van der Waals surface area contributed by atoms with Gasteiger partial charge in [-0.2, -0.15) is 0 Å². The van der Waals surface area contributed by atoms with Crippen molar-refractivity contribution in [2.45, 2.75) is 39.5 Å². The monoisotopic (exact) mass is 462 g/mol. The Morgan fingerprint density at radius 3 is 2.48 bits per heavy atom. The molecule has 6 nitrogen and oxygen atoms in total. The minimum Gasteiger partial charge on any atom is -0.493 e. The zero-order valence-electron chi connectivity index (χ0n) is 16.8. The second kappa shape index (κ2) is 12.1. The third-order valence-electron chi connectivity index (χ3n) is 4.22. The molecule has 156 valence electrons. The van der Waals surface area contributed by atoms with Gasteiger partial charge < -0.3 is 9.47 Å². The van der Waals surface area contributed by atoms with Crippen LogP contribution in [0, 0.1) is 0 Å². The van der Waals surface area contributed by atoms with E-state index in [9.17, 15) is 9.59 Å². The highest BCUT2D eigenvalue weighted by molar-refractivity contribution is 9.10. The van der Waals surface area contributed by atoms with Gasteiger partial charge in [0.05, 0.1) is 16.6 Å². The van der Waals surface area contributed by atoms with Crippen LogP contribution in [0.25, 0.3) is 0 Å². The minimum atomic E-state index is -0.467. The van der Waals surface area contributed by atoms with Gasteiger partial charge in [0.2, 0.25) is 0 Å². The Kier molecular flexibility index (Phi) is 9.50. The van der Waals surface area contributed by atoms with Gasteiger partial charge in [0.1, 0.15) is 11.5 Å². The van der Waals surface area contributed by atoms with Gasteiger partial charge in [0.15, 0.2) is 6.61 Å². The molecule has 0 fully saturated rings. The average Bonchev–Trinajstić information content (AvgIpc) is 2.74. The Morgan fingerprint density at radius 1 is 0.966 bits per heavy atom. The van der Waals surface area contributed by atoms with Gasteiger partial charge in [-0.05, 0) is 58.6 Å². The van der Waals surface area contributed by atoms with Crippen LogP contribution in [0.15, 0.2) is 46.9 Å². The summed E-state index contributed by atoms with van der Waals surface area (Å²) in [6.07, 6.45) is 4.01. The number of unbranched alkanes of at least 4 members (excludes halogenated alkanes) is 2. The lowest BCUT2D eigenvalue weighted by molar-refractivity contribution is -0.123. The largest absolute Gasteiger partial charge is 0.493 e. The summed E-state index contributed by atoms with van der Waals surface area (Å²) in [5, 5.41) is 0. The predicted molar refractivity (Wildman–Crippen MR) is 116 cm³/mol. The molecule has 0 unspecified atom stereocenters. The van der Waals surface area contributed by atoms with Crippen LogP contribution < -0.4 is 20.3 Å². The molecular weight excluding hydrogens is 436 g/mol. The fraction of sp³-hybridized carbons (Fsp3) is 0.364. The molecule has 7 heteroatoms. The SMILES string of the molecule is CCCCCOc1ccccc1C(=O)NNC(=O)COc1ccc(CC)cc1Br. The van der Waals surface area contributed by atoms with Crippen LogP contribution in [-0.4, -0.2) is 25.0 Å². The summed E-state index contributed by atoms with van der Waals surface area (Å²) in [5.41, 5.74) is 6.29. The van der Waals surface area contributed by atoms with Gasteiger partial charge in [0, 0.05) is 0 Å². The van der Waals surface area contributed by atoms with Gasteiger partial charge in [-0.15, -0.1) is 0 Å². The van der Waals surface area contributed by atoms with Crippen molar-refractivity contribution in [2.24, 2.45) is 0 Å². The molecule has 0 saturated carbocycles. The first kappa shape index (κ1) is 22.7. The lowest BCUT2D eigenvalue weighted by atomic mass is 10.2. The smallest absolute Gasteiger partial charge is 0.276 e. The van der Waals surface area contributed by atoms with Crippen LogP contribution in [0.3, 0.4) is 0 Å². The lowest BCUT2D eigenvalue weighted by Gasteiger charge is -2.13. The van der Waals surface area contributed by atoms with E-state index in [1.807, 2.05) is 12.1 Å². The number of nitrogens with one attached hydrogen (secondary N) is 2. The molecule has 0 aliphatic carbocycles. The number of rotatable bonds is 10. The van der Waals surface area contributed by atoms with Crippen molar-refractivity contribution in [2.75, 3.05) is 13.2 Å². The number of aryl methyl sites for hydroxylation is 1. The number of benzene rings is 2. The van der Waals surface area contributed by atoms with Crippen molar-refractivity contribution < 1.29 is 19.1 Å². The second-order valence-corrected chi connectivity index (χ2v) is 7.32. The molecule has 0 radical (unpaired) electrons. The summed E-state index contributed by atoms with van der Waals surface area (Å²) in [7, 11) is 0. The van der Waals surface area contributed by atoms with E-state index >= 15 is 0 Å². The number of halogens is 1. The van der Waals surface area contributed by atoms with Crippen LogP contribution >= 0.6 is 15.9 Å². The highest BCUT2D eigenvalue weighted by Gasteiger charge is 2.13. The molecule has 0 aliphatic rings. The first-order valence-corrected chi connectivity index (χ1v) is 10.6. The van der Waals surface area contributed by atoms with Crippen molar-refractivity contribution in [1.82, 2.24) is 10.9 Å². The Hall–Kier alpha value is -2.54. The Balaban J connectivity index is 1.83. The molecule has 2 rings (SSSR count). The van der Waals surface area contributed by atoms with Crippen molar-refractivity contribution in [3.8, 4) is 11.5 Å². The second-order valence-electron chi connectivity index (χ2n) is 6.46. The van der Waals surface area contributed by atoms with Gasteiger partial charge in [0.25, 0.3) is 11.8 Å². The summed E-state index contributed by atoms with van der Waals surface area (Å²) in [4.78, 5) is 24.4. The maximum absolute atomic E-state index is 12.4. The van der Waals surface area contributed by atoms with Crippen LogP contribution in [0.2, 0.25) is 0 Å². The van der Waals surface area contributed by atoms with E-state index < -0.39 is 11.8 Å². The molecule has 0 aliphatic heterocycles. The zero-order chi connectivity index (χ0) is 21.1. The number of amides is 2. The van der Waals surface area contributed by atoms with Gasteiger partial charge >= 0.3 is 0 Å². The highest BCUT2D eigenvalue weighted by atomic mass is 79.9. The summed E-state index contributed by atoms with van der Waals surface area (Å²) in [6.45, 7) is 4.50. The van der Waals surface area contributed by atoms with Crippen molar-refractivity contribution in [3.63, 3.8) is 0 Å². The van der Waals surface area contributed by atoms with Gasteiger partial charge in [-0.3, -0.25) is 20.4 Å². The molecule has 2 amide bonds. The van der Waals surface area contributed by atoms with E-state index in [-0.39, 0.29) is 6.61 Å². The summed E-state index contributed by atoms with van der Waals surface area (Å²) in [5.74, 6) is 0.144. The van der Waals surface area contributed by atoms with Gasteiger partial charge in [-0.1, -0.05) is 44.9 Å². The molecule has 0 bridgehead atoms. The van der Waals surface area contributed by atoms with Crippen LogP contribution in [0.1, 0.15) is 49.0 Å². The Labute approximate surface area is 180 Å². The number of ether oxygens (including phenoxy) is 2. The van der Waals surface area contributed by atoms with E-state index in [1.54, 1.807) is 30.3 Å². The molecule has 2 aromatic rings. The molecular formula is C22H27BrN2O4. The third kappa shape index (κ3) is 7.42. The Morgan fingerprint density at radius 2 is 1.76 bits per heavy atom. The molecule has 2 N–H and O–H groups in total. The summed E-state index contributed by atoms with van der Waals surface area (Å²) < 4.78 is 12.0. The maximum atomic E-state index is 12.4. The minimum absolute atomic E-state index is 0.223. The first-order valence-electron chi connectivity index (χ1n) is 9.77. The standard InChI is InChI=1S/C22H27BrN2O4/c1-3-5-8-13-28-19-10-7-6-9-17(19)22(27)25-24-21(26)15-29-20-12-11-16(4-2)14-18(20)23/h6-7,9-12,14H,3-5,8,13,15H2,1-2H3,(H,24,26)(H,25,27). The fourth-order valence-electron chi connectivity index (χ4n) is 2.57. The number of hydrogen-bond acceptors (Lipinski definition) is 4. The molecule has 0 heterocycles. The number of hydrazine groups is 1. The molecule has 0 atom stereocenters. The fourth-order valence-corrected chi connectivity index (χ4v) is 3.11.